The standard InChI is InChI=1S/C14H21N3O2/c1-10-4-3-5-12(8-10)16-14(18)17-6-7-19-13(9-17)11(2)15/h3-5,8,11,13H,6-7,9,15H2,1-2H3,(H,16,18). The first-order chi connectivity index (χ1) is 9.06. The van der Waals surface area contributed by atoms with E-state index in [1.54, 1.807) is 4.90 Å². The van der Waals surface area contributed by atoms with Crippen molar-refractivity contribution in [3.63, 3.8) is 0 Å². The van der Waals surface area contributed by atoms with Gasteiger partial charge in [0, 0.05) is 18.3 Å². The first-order valence-electron chi connectivity index (χ1n) is 6.56. The number of amides is 2. The van der Waals surface area contributed by atoms with Gasteiger partial charge in [0.25, 0.3) is 0 Å². The summed E-state index contributed by atoms with van der Waals surface area (Å²) in [5.41, 5.74) is 7.75. The lowest BCUT2D eigenvalue weighted by Gasteiger charge is -2.34. The van der Waals surface area contributed by atoms with Crippen LogP contribution < -0.4 is 11.1 Å². The summed E-state index contributed by atoms with van der Waals surface area (Å²) in [6.07, 6.45) is -0.0861. The average Bonchev–Trinajstić information content (AvgIpc) is 2.39. The van der Waals surface area contributed by atoms with Crippen LogP contribution in [0, 0.1) is 6.92 Å². The van der Waals surface area contributed by atoms with E-state index >= 15 is 0 Å². The molecule has 2 amide bonds. The van der Waals surface area contributed by atoms with Crippen molar-refractivity contribution in [2.75, 3.05) is 25.0 Å². The molecule has 1 aromatic carbocycles. The summed E-state index contributed by atoms with van der Waals surface area (Å²) >= 11 is 0. The zero-order valence-corrected chi connectivity index (χ0v) is 11.4. The Labute approximate surface area is 113 Å². The van der Waals surface area contributed by atoms with Crippen LogP contribution in [-0.4, -0.2) is 42.8 Å². The number of urea groups is 1. The molecule has 0 aromatic heterocycles. The third-order valence-electron chi connectivity index (χ3n) is 3.24. The van der Waals surface area contributed by atoms with Crippen LogP contribution in [0.25, 0.3) is 0 Å². The minimum Gasteiger partial charge on any atom is -0.373 e. The van der Waals surface area contributed by atoms with Crippen LogP contribution >= 0.6 is 0 Å². The number of hydrogen-bond acceptors (Lipinski definition) is 3. The predicted molar refractivity (Wildman–Crippen MR) is 75.2 cm³/mol. The lowest BCUT2D eigenvalue weighted by Crippen LogP contribution is -2.52. The van der Waals surface area contributed by atoms with Crippen LogP contribution in [0.2, 0.25) is 0 Å². The van der Waals surface area contributed by atoms with Crippen molar-refractivity contribution < 1.29 is 9.53 Å². The van der Waals surface area contributed by atoms with E-state index in [1.165, 1.54) is 0 Å². The molecule has 19 heavy (non-hydrogen) atoms. The number of nitrogens with one attached hydrogen (secondary N) is 1. The second-order valence-electron chi connectivity index (χ2n) is 5.01. The Hall–Kier alpha value is -1.59. The van der Waals surface area contributed by atoms with Gasteiger partial charge in [-0.15, -0.1) is 0 Å². The molecular weight excluding hydrogens is 242 g/mol. The van der Waals surface area contributed by atoms with Crippen molar-refractivity contribution in [3.8, 4) is 0 Å². The average molecular weight is 263 g/mol. The van der Waals surface area contributed by atoms with Gasteiger partial charge in [-0.1, -0.05) is 12.1 Å². The predicted octanol–water partition coefficient (Wildman–Crippen LogP) is 1.57. The van der Waals surface area contributed by atoms with Gasteiger partial charge in [0.05, 0.1) is 19.3 Å². The summed E-state index contributed by atoms with van der Waals surface area (Å²) in [6.45, 7) is 5.56. The summed E-state index contributed by atoms with van der Waals surface area (Å²) in [6, 6.07) is 7.58. The minimum atomic E-state index is -0.0976. The molecule has 2 unspecified atom stereocenters. The number of rotatable bonds is 2. The fourth-order valence-corrected chi connectivity index (χ4v) is 2.10. The Morgan fingerprint density at radius 3 is 3.05 bits per heavy atom. The normalized spacial score (nSPS) is 21.0. The molecule has 5 nitrogen and oxygen atoms in total. The third-order valence-corrected chi connectivity index (χ3v) is 3.24. The molecular formula is C14H21N3O2. The fraction of sp³-hybridized carbons (Fsp3) is 0.500. The number of ether oxygens (including phenoxy) is 1. The van der Waals surface area contributed by atoms with Crippen LogP contribution in [0.1, 0.15) is 12.5 Å². The molecule has 2 atom stereocenters. The van der Waals surface area contributed by atoms with Crippen molar-refractivity contribution in [2.24, 2.45) is 5.73 Å². The molecule has 1 saturated heterocycles. The van der Waals surface area contributed by atoms with E-state index in [0.29, 0.717) is 19.7 Å². The zero-order chi connectivity index (χ0) is 13.8. The highest BCUT2D eigenvalue weighted by atomic mass is 16.5. The first kappa shape index (κ1) is 13.8. The van der Waals surface area contributed by atoms with Gasteiger partial charge in [0.15, 0.2) is 0 Å². The van der Waals surface area contributed by atoms with E-state index in [-0.39, 0.29) is 18.2 Å². The Kier molecular flexibility index (Phi) is 4.39. The molecule has 2 rings (SSSR count). The van der Waals surface area contributed by atoms with Crippen LogP contribution in [0.15, 0.2) is 24.3 Å². The Morgan fingerprint density at radius 1 is 1.58 bits per heavy atom. The number of carbonyl (C=O) groups is 1. The lowest BCUT2D eigenvalue weighted by atomic mass is 10.1. The van der Waals surface area contributed by atoms with E-state index in [4.69, 9.17) is 10.5 Å². The molecule has 1 heterocycles. The van der Waals surface area contributed by atoms with E-state index in [9.17, 15) is 4.79 Å². The van der Waals surface area contributed by atoms with E-state index in [0.717, 1.165) is 11.3 Å². The quantitative estimate of drug-likeness (QED) is 0.851. The van der Waals surface area contributed by atoms with Gasteiger partial charge in [0.1, 0.15) is 0 Å². The molecule has 104 valence electrons. The van der Waals surface area contributed by atoms with Gasteiger partial charge in [-0.3, -0.25) is 0 Å². The van der Waals surface area contributed by atoms with Crippen LogP contribution in [0.5, 0.6) is 0 Å². The molecule has 0 radical (unpaired) electrons. The number of anilines is 1. The maximum Gasteiger partial charge on any atom is 0.322 e. The summed E-state index contributed by atoms with van der Waals surface area (Å²) in [5.74, 6) is 0. The van der Waals surface area contributed by atoms with Gasteiger partial charge < -0.3 is 20.7 Å². The van der Waals surface area contributed by atoms with Crippen molar-refractivity contribution >= 4 is 11.7 Å². The largest absolute Gasteiger partial charge is 0.373 e. The van der Waals surface area contributed by atoms with Crippen molar-refractivity contribution in [2.45, 2.75) is 26.0 Å². The number of morpholine rings is 1. The highest BCUT2D eigenvalue weighted by Gasteiger charge is 2.26. The van der Waals surface area contributed by atoms with Gasteiger partial charge in [-0.05, 0) is 31.5 Å². The topological polar surface area (TPSA) is 67.6 Å². The van der Waals surface area contributed by atoms with Gasteiger partial charge in [-0.25, -0.2) is 4.79 Å². The smallest absolute Gasteiger partial charge is 0.322 e. The zero-order valence-electron chi connectivity index (χ0n) is 11.4. The van der Waals surface area contributed by atoms with Gasteiger partial charge in [0.2, 0.25) is 0 Å². The molecule has 1 aromatic rings. The molecule has 0 bridgehead atoms. The maximum absolute atomic E-state index is 12.2. The van der Waals surface area contributed by atoms with Crippen LogP contribution in [0.3, 0.4) is 0 Å². The first-order valence-corrected chi connectivity index (χ1v) is 6.56. The van der Waals surface area contributed by atoms with Crippen LogP contribution in [0.4, 0.5) is 10.5 Å². The molecule has 5 heteroatoms. The molecule has 1 aliphatic heterocycles. The molecule has 0 aliphatic carbocycles. The monoisotopic (exact) mass is 263 g/mol. The van der Waals surface area contributed by atoms with Crippen molar-refractivity contribution in [3.05, 3.63) is 29.8 Å². The number of hydrogen-bond donors (Lipinski definition) is 2. The number of aryl methyl sites for hydroxylation is 1. The minimum absolute atomic E-state index is 0.0745. The van der Waals surface area contributed by atoms with E-state index in [2.05, 4.69) is 5.32 Å². The maximum atomic E-state index is 12.2. The number of carbonyl (C=O) groups excluding carboxylic acids is 1. The lowest BCUT2D eigenvalue weighted by molar-refractivity contribution is -0.0220. The Bertz CT molecular complexity index is 448. The molecule has 0 spiro atoms. The van der Waals surface area contributed by atoms with Gasteiger partial charge >= 0.3 is 6.03 Å². The molecule has 1 fully saturated rings. The highest BCUT2D eigenvalue weighted by Crippen LogP contribution is 2.13. The van der Waals surface area contributed by atoms with Crippen molar-refractivity contribution in [1.82, 2.24) is 4.90 Å². The highest BCUT2D eigenvalue weighted by molar-refractivity contribution is 5.89. The van der Waals surface area contributed by atoms with E-state index < -0.39 is 0 Å². The second-order valence-corrected chi connectivity index (χ2v) is 5.01. The summed E-state index contributed by atoms with van der Waals surface area (Å²) in [5, 5.41) is 2.90. The van der Waals surface area contributed by atoms with Crippen molar-refractivity contribution in [1.29, 1.82) is 0 Å². The number of benzene rings is 1. The van der Waals surface area contributed by atoms with E-state index in [1.807, 2.05) is 38.1 Å². The SMILES string of the molecule is Cc1cccc(NC(=O)N2CCOC(C(C)N)C2)c1. The fourth-order valence-electron chi connectivity index (χ4n) is 2.10. The summed E-state index contributed by atoms with van der Waals surface area (Å²) in [4.78, 5) is 13.9. The summed E-state index contributed by atoms with van der Waals surface area (Å²) < 4.78 is 5.54. The molecule has 3 N–H and O–H groups in total. The Morgan fingerprint density at radius 2 is 2.37 bits per heavy atom. The second kappa shape index (κ2) is 6.04. The third kappa shape index (κ3) is 3.68. The summed E-state index contributed by atoms with van der Waals surface area (Å²) in [7, 11) is 0. The van der Waals surface area contributed by atoms with Gasteiger partial charge in [-0.2, -0.15) is 0 Å². The number of nitrogens with two attached hydrogens (primary N) is 1. The van der Waals surface area contributed by atoms with Crippen LogP contribution in [-0.2, 0) is 4.74 Å². The number of nitrogens with zero attached hydrogens (tertiary/aromatic N) is 1. The Balaban J connectivity index is 1.96. The molecule has 0 saturated carbocycles. The molecule has 1 aliphatic rings.